The zero-order valence-electron chi connectivity index (χ0n) is 15.2. The number of carbonyl (C=O) groups excluding carboxylic acids is 1. The first-order chi connectivity index (χ1) is 12.5. The van der Waals surface area contributed by atoms with Gasteiger partial charge in [0.2, 0.25) is 0 Å². The van der Waals surface area contributed by atoms with Crippen molar-refractivity contribution in [2.45, 2.75) is 58.5 Å². The standard InChI is InChI=1S/C20H24N2O3S/c1-11-8-9-14-15(10-11)26-19-16(14)18(23)21-17(22-19)12(2)25-20(24)13-6-4-3-5-7-13/h3-4,11-13H,5-10H2,1-2H3,(H,21,22,23)/t11-,12-,13-/m0/s1. The van der Waals surface area contributed by atoms with E-state index in [0.29, 0.717) is 11.7 Å². The molecule has 2 aromatic heterocycles. The molecule has 138 valence electrons. The number of hydrogen-bond acceptors (Lipinski definition) is 5. The fourth-order valence-corrected chi connectivity index (χ4v) is 5.28. The second-order valence-electron chi connectivity index (χ2n) is 7.54. The Bertz CT molecular complexity index is 927. The normalized spacial score (nSPS) is 23.6. The molecular weight excluding hydrogens is 348 g/mol. The van der Waals surface area contributed by atoms with Gasteiger partial charge in [-0.2, -0.15) is 0 Å². The summed E-state index contributed by atoms with van der Waals surface area (Å²) >= 11 is 1.62. The Balaban J connectivity index is 1.59. The zero-order valence-corrected chi connectivity index (χ0v) is 16.0. The van der Waals surface area contributed by atoms with Gasteiger partial charge >= 0.3 is 5.97 Å². The summed E-state index contributed by atoms with van der Waals surface area (Å²) in [6.45, 7) is 4.02. The summed E-state index contributed by atoms with van der Waals surface area (Å²) in [6.07, 6.45) is 9.11. The third-order valence-electron chi connectivity index (χ3n) is 5.46. The topological polar surface area (TPSA) is 72.0 Å². The highest BCUT2D eigenvalue weighted by Gasteiger charge is 2.26. The van der Waals surface area contributed by atoms with Crippen molar-refractivity contribution in [3.05, 3.63) is 38.8 Å². The number of aryl methyl sites for hydroxylation is 1. The molecule has 4 rings (SSSR count). The van der Waals surface area contributed by atoms with Gasteiger partial charge in [-0.25, -0.2) is 4.98 Å². The number of fused-ring (bicyclic) bond motifs is 3. The third-order valence-corrected chi connectivity index (χ3v) is 6.61. The molecule has 0 aliphatic heterocycles. The second kappa shape index (κ2) is 6.99. The van der Waals surface area contributed by atoms with E-state index in [1.54, 1.807) is 18.3 Å². The van der Waals surface area contributed by atoms with Gasteiger partial charge in [-0.15, -0.1) is 11.3 Å². The highest BCUT2D eigenvalue weighted by molar-refractivity contribution is 7.18. The Morgan fingerprint density at radius 2 is 2.23 bits per heavy atom. The second-order valence-corrected chi connectivity index (χ2v) is 8.63. The molecule has 2 aliphatic rings. The maximum Gasteiger partial charge on any atom is 0.309 e. The van der Waals surface area contributed by atoms with Gasteiger partial charge < -0.3 is 9.72 Å². The van der Waals surface area contributed by atoms with Crippen molar-refractivity contribution in [3.63, 3.8) is 0 Å². The molecule has 0 radical (unpaired) electrons. The van der Waals surface area contributed by atoms with E-state index < -0.39 is 6.10 Å². The van der Waals surface area contributed by atoms with Crippen molar-refractivity contribution >= 4 is 27.5 Å². The van der Waals surface area contributed by atoms with Crippen LogP contribution in [0.15, 0.2) is 16.9 Å². The number of rotatable bonds is 3. The van der Waals surface area contributed by atoms with E-state index in [2.05, 4.69) is 23.0 Å². The van der Waals surface area contributed by atoms with E-state index in [-0.39, 0.29) is 17.4 Å². The van der Waals surface area contributed by atoms with Gasteiger partial charge in [0.1, 0.15) is 4.83 Å². The Kier molecular flexibility index (Phi) is 4.69. The lowest BCUT2D eigenvalue weighted by molar-refractivity contribution is -0.154. The summed E-state index contributed by atoms with van der Waals surface area (Å²) in [4.78, 5) is 34.6. The Labute approximate surface area is 156 Å². The van der Waals surface area contributed by atoms with Crippen LogP contribution in [-0.2, 0) is 22.4 Å². The number of nitrogens with zero attached hydrogens (tertiary/aromatic N) is 1. The molecular formula is C20H24N2O3S. The molecule has 26 heavy (non-hydrogen) atoms. The first-order valence-corrected chi connectivity index (χ1v) is 10.2. The Hall–Kier alpha value is -1.95. The van der Waals surface area contributed by atoms with Crippen molar-refractivity contribution in [1.29, 1.82) is 0 Å². The first kappa shape index (κ1) is 17.5. The summed E-state index contributed by atoms with van der Waals surface area (Å²) in [6, 6.07) is 0. The first-order valence-electron chi connectivity index (χ1n) is 9.43. The highest BCUT2D eigenvalue weighted by atomic mass is 32.1. The Morgan fingerprint density at radius 1 is 1.38 bits per heavy atom. The molecule has 2 aliphatic carbocycles. The number of carbonyl (C=O) groups is 1. The molecule has 0 aromatic carbocycles. The van der Waals surface area contributed by atoms with Crippen LogP contribution in [0.3, 0.4) is 0 Å². The van der Waals surface area contributed by atoms with Crippen LogP contribution < -0.4 is 5.56 Å². The number of aromatic nitrogens is 2. The van der Waals surface area contributed by atoms with Gasteiger partial charge in [0.25, 0.3) is 5.56 Å². The minimum atomic E-state index is -0.552. The summed E-state index contributed by atoms with van der Waals surface area (Å²) in [5.74, 6) is 0.796. The van der Waals surface area contributed by atoms with Crippen LogP contribution in [0.2, 0.25) is 0 Å². The molecule has 2 heterocycles. The largest absolute Gasteiger partial charge is 0.454 e. The predicted molar refractivity (Wildman–Crippen MR) is 102 cm³/mol. The number of ether oxygens (including phenoxy) is 1. The average molecular weight is 372 g/mol. The number of hydrogen-bond donors (Lipinski definition) is 1. The van der Waals surface area contributed by atoms with E-state index >= 15 is 0 Å². The van der Waals surface area contributed by atoms with E-state index in [9.17, 15) is 9.59 Å². The summed E-state index contributed by atoms with van der Waals surface area (Å²) in [7, 11) is 0. The molecule has 0 saturated carbocycles. The number of esters is 1. The molecule has 1 N–H and O–H groups in total. The number of allylic oxidation sites excluding steroid dienone is 2. The van der Waals surface area contributed by atoms with Crippen LogP contribution in [0.1, 0.15) is 61.9 Å². The molecule has 0 fully saturated rings. The van der Waals surface area contributed by atoms with Crippen LogP contribution in [0.25, 0.3) is 10.2 Å². The lowest BCUT2D eigenvalue weighted by Gasteiger charge is -2.19. The van der Waals surface area contributed by atoms with Crippen molar-refractivity contribution in [1.82, 2.24) is 9.97 Å². The van der Waals surface area contributed by atoms with Crippen LogP contribution in [0.5, 0.6) is 0 Å². The van der Waals surface area contributed by atoms with E-state index in [1.807, 2.05) is 6.08 Å². The number of aromatic amines is 1. The fraction of sp³-hybridized carbons (Fsp3) is 0.550. The van der Waals surface area contributed by atoms with Crippen molar-refractivity contribution < 1.29 is 9.53 Å². The van der Waals surface area contributed by atoms with Crippen molar-refractivity contribution in [2.24, 2.45) is 11.8 Å². The molecule has 0 saturated heterocycles. The maximum absolute atomic E-state index is 12.7. The van der Waals surface area contributed by atoms with Gasteiger partial charge in [-0.05, 0) is 56.9 Å². The van der Waals surface area contributed by atoms with Gasteiger partial charge in [0, 0.05) is 4.88 Å². The summed E-state index contributed by atoms with van der Waals surface area (Å²) in [5, 5.41) is 0.733. The van der Waals surface area contributed by atoms with E-state index in [1.165, 1.54) is 10.4 Å². The fourth-order valence-electron chi connectivity index (χ4n) is 3.89. The van der Waals surface area contributed by atoms with E-state index in [4.69, 9.17) is 4.74 Å². The monoisotopic (exact) mass is 372 g/mol. The number of thiophene rings is 1. The minimum absolute atomic E-state index is 0.0894. The van der Waals surface area contributed by atoms with Crippen LogP contribution in [0, 0.1) is 11.8 Å². The van der Waals surface area contributed by atoms with Crippen LogP contribution in [0.4, 0.5) is 0 Å². The molecule has 0 amide bonds. The molecule has 0 spiro atoms. The minimum Gasteiger partial charge on any atom is -0.454 e. The lowest BCUT2D eigenvalue weighted by Crippen LogP contribution is -2.22. The molecule has 3 atom stereocenters. The maximum atomic E-state index is 12.7. The number of nitrogens with one attached hydrogen (secondary N) is 1. The van der Waals surface area contributed by atoms with Gasteiger partial charge in [-0.3, -0.25) is 9.59 Å². The van der Waals surface area contributed by atoms with Crippen molar-refractivity contribution in [2.75, 3.05) is 0 Å². The van der Waals surface area contributed by atoms with Crippen molar-refractivity contribution in [3.8, 4) is 0 Å². The predicted octanol–water partition coefficient (Wildman–Crippen LogP) is 4.07. The molecule has 2 aromatic rings. The molecule has 0 unspecified atom stereocenters. The SMILES string of the molecule is C[C@H]1CCc2c(sc3nc([C@H](C)OC(=O)[C@H]4CC=CCC4)[nH]c(=O)c23)C1. The lowest BCUT2D eigenvalue weighted by atomic mass is 9.89. The molecule has 0 bridgehead atoms. The average Bonchev–Trinajstić information content (AvgIpc) is 3.00. The summed E-state index contributed by atoms with van der Waals surface area (Å²) < 4.78 is 5.60. The smallest absolute Gasteiger partial charge is 0.309 e. The quantitative estimate of drug-likeness (QED) is 0.651. The van der Waals surface area contributed by atoms with E-state index in [0.717, 1.165) is 48.7 Å². The summed E-state index contributed by atoms with van der Waals surface area (Å²) in [5.41, 5.74) is 1.06. The highest BCUT2D eigenvalue weighted by Crippen LogP contribution is 2.36. The van der Waals surface area contributed by atoms with Crippen LogP contribution in [-0.4, -0.2) is 15.9 Å². The molecule has 6 heteroatoms. The Morgan fingerprint density at radius 3 is 3.00 bits per heavy atom. The van der Waals surface area contributed by atoms with Gasteiger partial charge in [0.05, 0.1) is 11.3 Å². The third kappa shape index (κ3) is 3.22. The van der Waals surface area contributed by atoms with Crippen LogP contribution >= 0.6 is 11.3 Å². The van der Waals surface area contributed by atoms with Gasteiger partial charge in [-0.1, -0.05) is 19.1 Å². The zero-order chi connectivity index (χ0) is 18.3. The number of H-pyrrole nitrogens is 1. The van der Waals surface area contributed by atoms with Gasteiger partial charge in [0.15, 0.2) is 11.9 Å². The molecule has 5 nitrogen and oxygen atoms in total.